The summed E-state index contributed by atoms with van der Waals surface area (Å²) in [7, 11) is 0. The molecule has 2 atom stereocenters. The molecule has 0 amide bonds. The molecule has 4 rings (SSSR count). The van der Waals surface area contributed by atoms with Crippen LogP contribution in [0.4, 0.5) is 8.78 Å². The van der Waals surface area contributed by atoms with Gasteiger partial charge in [0.05, 0.1) is 28.1 Å². The van der Waals surface area contributed by atoms with Crippen molar-refractivity contribution >= 4 is 0 Å². The lowest BCUT2D eigenvalue weighted by atomic mass is 9.65. The summed E-state index contributed by atoms with van der Waals surface area (Å²) in [6.07, 6.45) is 5.51. The van der Waals surface area contributed by atoms with Crippen LogP contribution >= 0.6 is 0 Å². The highest BCUT2D eigenvalue weighted by molar-refractivity contribution is 5.62. The molecule has 5 heteroatoms. The molecule has 28 heavy (non-hydrogen) atoms. The standard InChI is InChI=1S/C23H23F2N3/c1-3-15-11-12-23(4-2,20-10-5-6-13-26-20)22-16(15)14-19(27-28-22)21-17(24)8-7-9-18(21)25/h5-10,13-15H,3-4,11-12H2,1-2H3. The minimum atomic E-state index is -0.621. The van der Waals surface area contributed by atoms with Crippen LogP contribution < -0.4 is 0 Å². The van der Waals surface area contributed by atoms with Crippen molar-refractivity contribution in [3.05, 3.63) is 77.2 Å². The maximum atomic E-state index is 14.3. The SMILES string of the molecule is CCC1CCC(CC)(c2ccccn2)c2nnc(-c3c(F)cccc3F)cc21. The van der Waals surface area contributed by atoms with E-state index in [1.807, 2.05) is 24.3 Å². The summed E-state index contributed by atoms with van der Waals surface area (Å²) >= 11 is 0. The van der Waals surface area contributed by atoms with E-state index in [0.29, 0.717) is 5.92 Å². The largest absolute Gasteiger partial charge is 0.260 e. The molecule has 2 unspecified atom stereocenters. The van der Waals surface area contributed by atoms with Gasteiger partial charge in [-0.1, -0.05) is 26.0 Å². The number of fused-ring (bicyclic) bond motifs is 1. The zero-order valence-electron chi connectivity index (χ0n) is 16.1. The van der Waals surface area contributed by atoms with Gasteiger partial charge in [-0.3, -0.25) is 4.98 Å². The quantitative estimate of drug-likeness (QED) is 0.575. The zero-order valence-corrected chi connectivity index (χ0v) is 16.1. The van der Waals surface area contributed by atoms with E-state index in [-0.39, 0.29) is 16.7 Å². The van der Waals surface area contributed by atoms with Crippen molar-refractivity contribution < 1.29 is 8.78 Å². The summed E-state index contributed by atoms with van der Waals surface area (Å²) in [5.41, 5.74) is 2.73. The number of nitrogens with zero attached hydrogens (tertiary/aromatic N) is 3. The fourth-order valence-electron chi connectivity index (χ4n) is 4.49. The molecule has 0 aliphatic heterocycles. The summed E-state index contributed by atoms with van der Waals surface area (Å²) in [5, 5.41) is 8.82. The fraction of sp³-hybridized carbons (Fsp3) is 0.348. The lowest BCUT2D eigenvalue weighted by Gasteiger charge is -2.39. The number of halogens is 2. The Bertz CT molecular complexity index is 970. The van der Waals surface area contributed by atoms with Gasteiger partial charge < -0.3 is 0 Å². The van der Waals surface area contributed by atoms with Crippen molar-refractivity contribution in [3.63, 3.8) is 0 Å². The van der Waals surface area contributed by atoms with E-state index in [0.717, 1.165) is 42.6 Å². The van der Waals surface area contributed by atoms with Gasteiger partial charge in [0.2, 0.25) is 0 Å². The Morgan fingerprint density at radius 3 is 2.46 bits per heavy atom. The number of aromatic nitrogens is 3. The van der Waals surface area contributed by atoms with Crippen LogP contribution in [0.25, 0.3) is 11.3 Å². The van der Waals surface area contributed by atoms with E-state index in [9.17, 15) is 8.78 Å². The third-order valence-electron chi connectivity index (χ3n) is 6.11. The monoisotopic (exact) mass is 379 g/mol. The number of pyridine rings is 1. The summed E-state index contributed by atoms with van der Waals surface area (Å²) in [4.78, 5) is 4.62. The third kappa shape index (κ3) is 2.89. The zero-order chi connectivity index (χ0) is 19.7. The van der Waals surface area contributed by atoms with Gasteiger partial charge in [-0.25, -0.2) is 8.78 Å². The molecule has 0 bridgehead atoms. The Kier molecular flexibility index (Phi) is 4.92. The van der Waals surface area contributed by atoms with Crippen LogP contribution in [0.5, 0.6) is 0 Å². The van der Waals surface area contributed by atoms with Crippen molar-refractivity contribution in [2.24, 2.45) is 0 Å². The molecule has 3 nitrogen and oxygen atoms in total. The first-order valence-corrected chi connectivity index (χ1v) is 9.84. The first kappa shape index (κ1) is 18.7. The second kappa shape index (κ2) is 7.38. The maximum Gasteiger partial charge on any atom is 0.135 e. The maximum absolute atomic E-state index is 14.3. The second-order valence-corrected chi connectivity index (χ2v) is 7.42. The average Bonchev–Trinajstić information content (AvgIpc) is 2.73. The minimum Gasteiger partial charge on any atom is -0.260 e. The van der Waals surface area contributed by atoms with Crippen molar-refractivity contribution in [2.75, 3.05) is 0 Å². The third-order valence-corrected chi connectivity index (χ3v) is 6.11. The van der Waals surface area contributed by atoms with Gasteiger partial charge in [0.15, 0.2) is 0 Å². The highest BCUT2D eigenvalue weighted by Crippen LogP contribution is 2.48. The average molecular weight is 379 g/mol. The molecule has 3 aromatic rings. The molecule has 0 spiro atoms. The van der Waals surface area contributed by atoms with Gasteiger partial charge in [-0.05, 0) is 67.5 Å². The highest BCUT2D eigenvalue weighted by atomic mass is 19.1. The smallest absolute Gasteiger partial charge is 0.135 e. The number of hydrogen-bond acceptors (Lipinski definition) is 3. The van der Waals surface area contributed by atoms with E-state index in [4.69, 9.17) is 0 Å². The highest BCUT2D eigenvalue weighted by Gasteiger charge is 2.42. The van der Waals surface area contributed by atoms with Gasteiger partial charge >= 0.3 is 0 Å². The number of rotatable bonds is 4. The van der Waals surface area contributed by atoms with E-state index >= 15 is 0 Å². The normalized spacial score (nSPS) is 21.4. The van der Waals surface area contributed by atoms with Crippen molar-refractivity contribution in [3.8, 4) is 11.3 Å². The van der Waals surface area contributed by atoms with Gasteiger partial charge in [-0.15, -0.1) is 5.10 Å². The second-order valence-electron chi connectivity index (χ2n) is 7.42. The molecule has 1 aromatic carbocycles. The van der Waals surface area contributed by atoms with Gasteiger partial charge in [-0.2, -0.15) is 5.10 Å². The summed E-state index contributed by atoms with van der Waals surface area (Å²) in [6.45, 7) is 4.27. The summed E-state index contributed by atoms with van der Waals surface area (Å²) in [5.74, 6) is -0.948. The van der Waals surface area contributed by atoms with E-state index in [2.05, 4.69) is 29.0 Å². The topological polar surface area (TPSA) is 38.7 Å². The predicted molar refractivity (Wildman–Crippen MR) is 105 cm³/mol. The van der Waals surface area contributed by atoms with Crippen LogP contribution in [0.3, 0.4) is 0 Å². The molecule has 144 valence electrons. The molecular formula is C23H23F2N3. The Labute approximate surface area is 163 Å². The van der Waals surface area contributed by atoms with Crippen molar-refractivity contribution in [1.29, 1.82) is 0 Å². The Morgan fingerprint density at radius 1 is 1.04 bits per heavy atom. The van der Waals surface area contributed by atoms with E-state index in [1.54, 1.807) is 6.20 Å². The predicted octanol–water partition coefficient (Wildman–Crippen LogP) is 5.80. The first-order valence-electron chi connectivity index (χ1n) is 9.84. The minimum absolute atomic E-state index is 0.113. The molecule has 0 radical (unpaired) electrons. The van der Waals surface area contributed by atoms with Gasteiger partial charge in [0, 0.05) is 6.20 Å². The van der Waals surface area contributed by atoms with Gasteiger partial charge in [0.1, 0.15) is 11.6 Å². The van der Waals surface area contributed by atoms with Crippen molar-refractivity contribution in [1.82, 2.24) is 15.2 Å². The fourth-order valence-corrected chi connectivity index (χ4v) is 4.49. The molecule has 2 heterocycles. The van der Waals surface area contributed by atoms with Gasteiger partial charge in [0.25, 0.3) is 0 Å². The Morgan fingerprint density at radius 2 is 1.82 bits per heavy atom. The molecule has 0 saturated heterocycles. The number of benzene rings is 1. The lowest BCUT2D eigenvalue weighted by Crippen LogP contribution is -2.35. The van der Waals surface area contributed by atoms with Crippen LogP contribution in [0.1, 0.15) is 62.4 Å². The van der Waals surface area contributed by atoms with Crippen LogP contribution in [0, 0.1) is 11.6 Å². The molecule has 1 aliphatic carbocycles. The molecule has 0 fully saturated rings. The first-order chi connectivity index (χ1) is 13.6. The van der Waals surface area contributed by atoms with E-state index in [1.165, 1.54) is 18.2 Å². The van der Waals surface area contributed by atoms with Crippen molar-refractivity contribution in [2.45, 2.75) is 50.9 Å². The Balaban J connectivity index is 1.92. The van der Waals surface area contributed by atoms with E-state index < -0.39 is 11.6 Å². The van der Waals surface area contributed by atoms with Crippen LogP contribution in [0.15, 0.2) is 48.7 Å². The molecule has 2 aromatic heterocycles. The molecular weight excluding hydrogens is 356 g/mol. The molecule has 1 aliphatic rings. The number of hydrogen-bond donors (Lipinski definition) is 0. The van der Waals surface area contributed by atoms with Crippen LogP contribution in [0.2, 0.25) is 0 Å². The lowest BCUT2D eigenvalue weighted by molar-refractivity contribution is 0.353. The van der Waals surface area contributed by atoms with Crippen LogP contribution in [-0.2, 0) is 5.41 Å². The summed E-state index contributed by atoms with van der Waals surface area (Å²) < 4.78 is 28.6. The molecule has 0 saturated carbocycles. The van der Waals surface area contributed by atoms with Crippen LogP contribution in [-0.4, -0.2) is 15.2 Å². The molecule has 0 N–H and O–H groups in total. The summed E-state index contributed by atoms with van der Waals surface area (Å²) in [6, 6.07) is 11.6. The Hall–Kier alpha value is -2.69.